The molecular formula is C16H23ClN2O2. The van der Waals surface area contributed by atoms with Crippen molar-refractivity contribution in [1.29, 1.82) is 0 Å². The first kappa shape index (κ1) is 16.1. The molecule has 1 heterocycles. The minimum Gasteiger partial charge on any atom is -0.378 e. The van der Waals surface area contributed by atoms with Crippen molar-refractivity contribution < 1.29 is 9.53 Å². The van der Waals surface area contributed by atoms with Crippen molar-refractivity contribution in [1.82, 2.24) is 4.90 Å². The van der Waals surface area contributed by atoms with Gasteiger partial charge in [0.1, 0.15) is 0 Å². The fraction of sp³-hybridized carbons (Fsp3) is 0.562. The van der Waals surface area contributed by atoms with Crippen molar-refractivity contribution in [2.24, 2.45) is 0 Å². The molecule has 0 spiro atoms. The Bertz CT molecular complexity index is 517. The minimum absolute atomic E-state index is 0.0326. The van der Waals surface area contributed by atoms with Crippen LogP contribution in [0.25, 0.3) is 0 Å². The number of nitrogens with zero attached hydrogens (tertiary/aromatic N) is 2. The number of carbonyl (C=O) groups is 1. The molecule has 4 nitrogen and oxygen atoms in total. The molecule has 116 valence electrons. The number of halogens is 1. The molecule has 0 aromatic heterocycles. The lowest BCUT2D eigenvalue weighted by Gasteiger charge is -2.42. The molecule has 5 heteroatoms. The third-order valence-corrected chi connectivity index (χ3v) is 3.89. The lowest BCUT2D eigenvalue weighted by Crippen LogP contribution is -2.55. The van der Waals surface area contributed by atoms with Crippen LogP contribution in [0.15, 0.2) is 24.3 Å². The van der Waals surface area contributed by atoms with Gasteiger partial charge in [0.15, 0.2) is 0 Å². The molecule has 0 aliphatic carbocycles. The number of morpholine rings is 1. The van der Waals surface area contributed by atoms with Gasteiger partial charge in [-0.1, -0.05) is 6.07 Å². The third-order valence-electron chi connectivity index (χ3n) is 3.55. The van der Waals surface area contributed by atoms with Crippen molar-refractivity contribution in [3.05, 3.63) is 29.8 Å². The van der Waals surface area contributed by atoms with Crippen molar-refractivity contribution in [3.8, 4) is 0 Å². The average Bonchev–Trinajstić information content (AvgIpc) is 2.44. The first-order valence-corrected chi connectivity index (χ1v) is 7.66. The highest BCUT2D eigenvalue weighted by molar-refractivity contribution is 6.18. The summed E-state index contributed by atoms with van der Waals surface area (Å²) in [6.07, 6.45) is -0.114. The standard InChI is InChI=1S/C16H23ClN2O2/c1-16(2)11-19(10-14(9-17)21-16)15(20)12-6-5-7-13(8-12)18(3)4/h5-8,14H,9-11H2,1-4H3. The van der Waals surface area contributed by atoms with E-state index in [4.69, 9.17) is 16.3 Å². The predicted octanol–water partition coefficient (Wildman–Crippen LogP) is 2.61. The van der Waals surface area contributed by atoms with Crippen LogP contribution < -0.4 is 4.90 Å². The van der Waals surface area contributed by atoms with Gasteiger partial charge in [0.2, 0.25) is 0 Å². The van der Waals surface area contributed by atoms with Crippen LogP contribution in [0.4, 0.5) is 5.69 Å². The van der Waals surface area contributed by atoms with Crippen LogP contribution in [0.5, 0.6) is 0 Å². The molecular weight excluding hydrogens is 288 g/mol. The molecule has 1 aromatic carbocycles. The van der Waals surface area contributed by atoms with Gasteiger partial charge in [-0.2, -0.15) is 0 Å². The lowest BCUT2D eigenvalue weighted by atomic mass is 10.0. The molecule has 0 radical (unpaired) electrons. The minimum atomic E-state index is -0.368. The molecule has 0 bridgehead atoms. The second kappa shape index (κ2) is 6.24. The molecule has 2 rings (SSSR count). The maximum atomic E-state index is 12.7. The van der Waals surface area contributed by atoms with Crippen LogP contribution in [-0.2, 0) is 4.74 Å². The number of anilines is 1. The number of benzene rings is 1. The highest BCUT2D eigenvalue weighted by atomic mass is 35.5. The van der Waals surface area contributed by atoms with Crippen LogP contribution in [0, 0.1) is 0 Å². The van der Waals surface area contributed by atoms with E-state index in [0.717, 1.165) is 5.69 Å². The Morgan fingerprint density at radius 1 is 1.48 bits per heavy atom. The maximum Gasteiger partial charge on any atom is 0.254 e. The zero-order valence-electron chi connectivity index (χ0n) is 13.1. The Morgan fingerprint density at radius 3 is 2.81 bits per heavy atom. The van der Waals surface area contributed by atoms with E-state index in [-0.39, 0.29) is 17.6 Å². The Balaban J connectivity index is 2.20. The zero-order valence-corrected chi connectivity index (χ0v) is 13.9. The molecule has 1 amide bonds. The van der Waals surface area contributed by atoms with E-state index >= 15 is 0 Å². The second-order valence-corrected chi connectivity index (χ2v) is 6.59. The van der Waals surface area contributed by atoms with Gasteiger partial charge in [0.25, 0.3) is 5.91 Å². The molecule has 1 aliphatic heterocycles. The number of amides is 1. The van der Waals surface area contributed by atoms with Crippen LogP contribution in [0.2, 0.25) is 0 Å². The van der Waals surface area contributed by atoms with E-state index in [9.17, 15) is 4.79 Å². The van der Waals surface area contributed by atoms with Crippen molar-refractivity contribution >= 4 is 23.2 Å². The highest BCUT2D eigenvalue weighted by Crippen LogP contribution is 2.24. The summed E-state index contributed by atoms with van der Waals surface area (Å²) in [7, 11) is 3.93. The average molecular weight is 311 g/mol. The van der Waals surface area contributed by atoms with Crippen LogP contribution >= 0.6 is 11.6 Å². The predicted molar refractivity (Wildman–Crippen MR) is 86.3 cm³/mol. The summed E-state index contributed by atoms with van der Waals surface area (Å²) < 4.78 is 5.87. The fourth-order valence-electron chi connectivity index (χ4n) is 2.63. The summed E-state index contributed by atoms with van der Waals surface area (Å²) in [4.78, 5) is 16.6. The monoisotopic (exact) mass is 310 g/mol. The summed E-state index contributed by atoms with van der Waals surface area (Å²) in [5.41, 5.74) is 1.35. The summed E-state index contributed by atoms with van der Waals surface area (Å²) >= 11 is 5.92. The van der Waals surface area contributed by atoms with E-state index in [0.29, 0.717) is 24.5 Å². The van der Waals surface area contributed by atoms with Gasteiger partial charge in [-0.25, -0.2) is 0 Å². The molecule has 1 unspecified atom stereocenters. The van der Waals surface area contributed by atoms with Crippen molar-refractivity contribution in [2.75, 3.05) is 38.0 Å². The first-order valence-electron chi connectivity index (χ1n) is 7.13. The van der Waals surface area contributed by atoms with Crippen molar-refractivity contribution in [2.45, 2.75) is 25.6 Å². The van der Waals surface area contributed by atoms with Gasteiger partial charge < -0.3 is 14.5 Å². The molecule has 1 fully saturated rings. The van der Waals surface area contributed by atoms with Gasteiger partial charge in [-0.3, -0.25) is 4.79 Å². The highest BCUT2D eigenvalue weighted by Gasteiger charge is 2.35. The van der Waals surface area contributed by atoms with Crippen LogP contribution in [0.3, 0.4) is 0 Å². The number of hydrogen-bond donors (Lipinski definition) is 0. The molecule has 1 aromatic rings. The van der Waals surface area contributed by atoms with Gasteiger partial charge in [0, 0.05) is 38.4 Å². The topological polar surface area (TPSA) is 32.8 Å². The smallest absolute Gasteiger partial charge is 0.254 e. The molecule has 21 heavy (non-hydrogen) atoms. The van der Waals surface area contributed by atoms with Gasteiger partial charge in [-0.05, 0) is 32.0 Å². The van der Waals surface area contributed by atoms with E-state index in [2.05, 4.69) is 0 Å². The normalized spacial score (nSPS) is 21.2. The van der Waals surface area contributed by atoms with Crippen LogP contribution in [-0.4, -0.2) is 55.6 Å². The first-order chi connectivity index (χ1) is 9.82. The Morgan fingerprint density at radius 2 is 2.19 bits per heavy atom. The van der Waals surface area contributed by atoms with E-state index in [1.807, 2.05) is 62.0 Å². The molecule has 1 atom stereocenters. The quantitative estimate of drug-likeness (QED) is 0.805. The third kappa shape index (κ3) is 3.89. The molecule has 0 N–H and O–H groups in total. The van der Waals surface area contributed by atoms with Gasteiger partial charge in [-0.15, -0.1) is 11.6 Å². The van der Waals surface area contributed by atoms with Gasteiger partial charge >= 0.3 is 0 Å². The summed E-state index contributed by atoms with van der Waals surface area (Å²) in [5.74, 6) is 0.426. The Labute approximate surface area is 131 Å². The number of hydrogen-bond acceptors (Lipinski definition) is 3. The van der Waals surface area contributed by atoms with Crippen LogP contribution in [0.1, 0.15) is 24.2 Å². The molecule has 0 saturated carbocycles. The fourth-order valence-corrected chi connectivity index (χ4v) is 2.79. The Kier molecular flexibility index (Phi) is 4.79. The maximum absolute atomic E-state index is 12.7. The lowest BCUT2D eigenvalue weighted by molar-refractivity contribution is -0.117. The van der Waals surface area contributed by atoms with E-state index in [1.165, 1.54) is 0 Å². The number of ether oxygens (including phenoxy) is 1. The molecule has 1 aliphatic rings. The summed E-state index contributed by atoms with van der Waals surface area (Å²) in [6, 6.07) is 7.67. The summed E-state index contributed by atoms with van der Waals surface area (Å²) in [6.45, 7) is 5.09. The zero-order chi connectivity index (χ0) is 15.6. The van der Waals surface area contributed by atoms with E-state index < -0.39 is 0 Å². The molecule has 1 saturated heterocycles. The SMILES string of the molecule is CN(C)c1cccc(C(=O)N2CC(CCl)OC(C)(C)C2)c1. The Hall–Kier alpha value is -1.26. The second-order valence-electron chi connectivity index (χ2n) is 6.28. The van der Waals surface area contributed by atoms with Crippen molar-refractivity contribution in [3.63, 3.8) is 0 Å². The number of carbonyl (C=O) groups excluding carboxylic acids is 1. The van der Waals surface area contributed by atoms with Gasteiger partial charge in [0.05, 0.1) is 17.6 Å². The van der Waals surface area contributed by atoms with E-state index in [1.54, 1.807) is 0 Å². The number of alkyl halides is 1. The largest absolute Gasteiger partial charge is 0.378 e. The summed E-state index contributed by atoms with van der Waals surface area (Å²) in [5, 5.41) is 0. The number of rotatable bonds is 3.